The minimum absolute atomic E-state index is 0.168. The fourth-order valence-electron chi connectivity index (χ4n) is 3.29. The Morgan fingerprint density at radius 2 is 2.14 bits per heavy atom. The van der Waals surface area contributed by atoms with E-state index in [4.69, 9.17) is 5.84 Å². The van der Waals surface area contributed by atoms with Gasteiger partial charge in [-0.2, -0.15) is 13.2 Å². The lowest BCUT2D eigenvalue weighted by molar-refractivity contribution is -0.199. The third-order valence-electron chi connectivity index (χ3n) is 4.25. The van der Waals surface area contributed by atoms with Crippen LogP contribution in [-0.4, -0.2) is 21.2 Å². The number of hydrogen-bond acceptors (Lipinski definition) is 4. The number of hydrazine groups is 1. The molecule has 1 aliphatic carbocycles. The third-order valence-corrected chi connectivity index (χ3v) is 4.25. The minimum Gasteiger partial charge on any atom is -0.271 e. The molecule has 3 N–H and O–H groups in total. The summed E-state index contributed by atoms with van der Waals surface area (Å²) < 4.78 is 41.5. The Bertz CT molecular complexity index is 445. The van der Waals surface area contributed by atoms with Gasteiger partial charge in [-0.3, -0.25) is 11.3 Å². The van der Waals surface area contributed by atoms with Crippen LogP contribution >= 0.6 is 0 Å². The van der Waals surface area contributed by atoms with Crippen molar-refractivity contribution in [3.63, 3.8) is 0 Å². The van der Waals surface area contributed by atoms with E-state index in [9.17, 15) is 13.2 Å². The molecule has 1 heterocycles. The van der Waals surface area contributed by atoms with Crippen LogP contribution in [0.5, 0.6) is 0 Å². The van der Waals surface area contributed by atoms with Gasteiger partial charge in [0.05, 0.1) is 23.9 Å². The molecular weight excluding hydrogens is 283 g/mol. The van der Waals surface area contributed by atoms with Crippen molar-refractivity contribution in [2.45, 2.75) is 57.8 Å². The monoisotopic (exact) mass is 305 g/mol. The van der Waals surface area contributed by atoms with Crippen LogP contribution in [0.3, 0.4) is 0 Å². The predicted octanol–water partition coefficient (Wildman–Crippen LogP) is 2.56. The first-order valence-electron chi connectivity index (χ1n) is 7.40. The number of aryl methyl sites for hydroxylation is 1. The molecule has 0 amide bonds. The fraction of sp³-hybridized carbons (Fsp3) is 0.846. The molecule has 0 spiro atoms. The summed E-state index contributed by atoms with van der Waals surface area (Å²) in [6, 6.07) is -0.571. The first kappa shape index (κ1) is 16.2. The van der Waals surface area contributed by atoms with Gasteiger partial charge in [0.1, 0.15) is 0 Å². The molecule has 8 heteroatoms. The molecule has 0 bridgehead atoms. The first-order valence-corrected chi connectivity index (χ1v) is 7.40. The van der Waals surface area contributed by atoms with Crippen molar-refractivity contribution < 1.29 is 13.2 Å². The number of hydrogen-bond donors (Lipinski definition) is 2. The molecule has 1 saturated carbocycles. The van der Waals surface area contributed by atoms with Gasteiger partial charge < -0.3 is 0 Å². The zero-order chi connectivity index (χ0) is 15.5. The molecule has 1 aliphatic rings. The van der Waals surface area contributed by atoms with Gasteiger partial charge in [0.2, 0.25) is 0 Å². The van der Waals surface area contributed by atoms with Crippen LogP contribution in [0.1, 0.15) is 50.8 Å². The number of nitrogens with one attached hydrogen (secondary N) is 1. The van der Waals surface area contributed by atoms with Gasteiger partial charge in [-0.25, -0.2) is 4.68 Å². The minimum atomic E-state index is -4.19. The van der Waals surface area contributed by atoms with Crippen molar-refractivity contribution in [1.82, 2.24) is 20.4 Å². The Hall–Kier alpha value is -1.15. The van der Waals surface area contributed by atoms with Gasteiger partial charge in [-0.15, -0.1) is 5.10 Å². The largest absolute Gasteiger partial charge is 0.392 e. The fourth-order valence-corrected chi connectivity index (χ4v) is 3.29. The van der Waals surface area contributed by atoms with Crippen molar-refractivity contribution in [3.05, 3.63) is 11.9 Å². The Morgan fingerprint density at radius 3 is 2.76 bits per heavy atom. The van der Waals surface area contributed by atoms with Gasteiger partial charge in [-0.1, -0.05) is 25.0 Å². The predicted molar refractivity (Wildman–Crippen MR) is 71.9 cm³/mol. The van der Waals surface area contributed by atoms with Crippen LogP contribution in [0.15, 0.2) is 6.20 Å². The van der Waals surface area contributed by atoms with Crippen LogP contribution in [0, 0.1) is 11.8 Å². The second-order valence-electron chi connectivity index (χ2n) is 5.62. The molecular formula is C13H22F3N5. The van der Waals surface area contributed by atoms with E-state index in [1.165, 1.54) is 6.20 Å². The van der Waals surface area contributed by atoms with Crippen molar-refractivity contribution in [2.24, 2.45) is 17.7 Å². The van der Waals surface area contributed by atoms with E-state index in [0.29, 0.717) is 25.1 Å². The van der Waals surface area contributed by atoms with E-state index in [-0.39, 0.29) is 6.42 Å². The molecule has 3 atom stereocenters. The van der Waals surface area contributed by atoms with E-state index in [2.05, 4.69) is 15.7 Å². The van der Waals surface area contributed by atoms with Gasteiger partial charge in [-0.05, 0) is 25.2 Å². The standard InChI is InChI=1S/C13H22F3N5/c1-2-7-21-11(8-18-20-21)12(19-17)9-5-3-4-6-10(9)13(14,15)16/h8-10,12,19H,2-7,17H2,1H3. The molecule has 0 radical (unpaired) electrons. The van der Waals surface area contributed by atoms with E-state index in [1.54, 1.807) is 4.68 Å². The zero-order valence-electron chi connectivity index (χ0n) is 12.1. The summed E-state index contributed by atoms with van der Waals surface area (Å²) in [5, 5.41) is 7.77. The van der Waals surface area contributed by atoms with Gasteiger partial charge in [0, 0.05) is 6.54 Å². The van der Waals surface area contributed by atoms with Gasteiger partial charge >= 0.3 is 6.18 Å². The molecule has 0 saturated heterocycles. The number of alkyl halides is 3. The normalized spacial score (nSPS) is 25.0. The van der Waals surface area contributed by atoms with Crippen LogP contribution in [0.2, 0.25) is 0 Å². The van der Waals surface area contributed by atoms with Crippen molar-refractivity contribution in [3.8, 4) is 0 Å². The number of halogens is 3. The highest BCUT2D eigenvalue weighted by atomic mass is 19.4. The number of nitrogens with two attached hydrogens (primary N) is 1. The molecule has 0 aliphatic heterocycles. The third kappa shape index (κ3) is 3.55. The maximum Gasteiger partial charge on any atom is 0.392 e. The van der Waals surface area contributed by atoms with Gasteiger partial charge in [0.25, 0.3) is 0 Å². The Kier molecular flexibility index (Phi) is 5.21. The van der Waals surface area contributed by atoms with Crippen molar-refractivity contribution in [2.75, 3.05) is 0 Å². The topological polar surface area (TPSA) is 68.8 Å². The molecule has 5 nitrogen and oxygen atoms in total. The summed E-state index contributed by atoms with van der Waals surface area (Å²) in [7, 11) is 0. The maximum atomic E-state index is 13.3. The molecule has 1 fully saturated rings. The van der Waals surface area contributed by atoms with Gasteiger partial charge in [0.15, 0.2) is 0 Å². The lowest BCUT2D eigenvalue weighted by Gasteiger charge is -2.37. The van der Waals surface area contributed by atoms with Crippen LogP contribution < -0.4 is 11.3 Å². The van der Waals surface area contributed by atoms with Crippen molar-refractivity contribution >= 4 is 0 Å². The molecule has 3 unspecified atom stereocenters. The summed E-state index contributed by atoms with van der Waals surface area (Å²) in [5.41, 5.74) is 3.21. The molecule has 120 valence electrons. The lowest BCUT2D eigenvalue weighted by atomic mass is 9.74. The number of aromatic nitrogens is 3. The SMILES string of the molecule is CCCn1nncc1C(NN)C1CCCCC1C(F)(F)F. The Balaban J connectivity index is 2.27. The van der Waals surface area contributed by atoms with Crippen molar-refractivity contribution in [1.29, 1.82) is 0 Å². The maximum absolute atomic E-state index is 13.3. The summed E-state index contributed by atoms with van der Waals surface area (Å²) >= 11 is 0. The van der Waals surface area contributed by atoms with Crippen LogP contribution in [0.4, 0.5) is 13.2 Å². The molecule has 21 heavy (non-hydrogen) atoms. The smallest absolute Gasteiger partial charge is 0.271 e. The average molecular weight is 305 g/mol. The number of rotatable bonds is 5. The lowest BCUT2D eigenvalue weighted by Crippen LogP contribution is -2.43. The number of nitrogens with zero attached hydrogens (tertiary/aromatic N) is 3. The second kappa shape index (κ2) is 6.74. The molecule has 0 aromatic carbocycles. The molecule has 1 aromatic heterocycles. The second-order valence-corrected chi connectivity index (χ2v) is 5.62. The molecule has 2 rings (SSSR count). The highest BCUT2D eigenvalue weighted by Crippen LogP contribution is 2.46. The van der Waals surface area contributed by atoms with Crippen LogP contribution in [-0.2, 0) is 6.54 Å². The van der Waals surface area contributed by atoms with E-state index in [1.807, 2.05) is 6.92 Å². The summed E-state index contributed by atoms with van der Waals surface area (Å²) in [6.45, 7) is 2.60. The first-order chi connectivity index (χ1) is 9.99. The van der Waals surface area contributed by atoms with E-state index < -0.39 is 24.1 Å². The van der Waals surface area contributed by atoms with Crippen LogP contribution in [0.25, 0.3) is 0 Å². The summed E-state index contributed by atoms with van der Waals surface area (Å²) in [4.78, 5) is 0. The van der Waals surface area contributed by atoms with E-state index in [0.717, 1.165) is 12.8 Å². The zero-order valence-corrected chi connectivity index (χ0v) is 12.1. The quantitative estimate of drug-likeness (QED) is 0.648. The Morgan fingerprint density at radius 1 is 1.43 bits per heavy atom. The molecule has 1 aromatic rings. The average Bonchev–Trinajstić information content (AvgIpc) is 2.88. The van der Waals surface area contributed by atoms with E-state index >= 15 is 0 Å². The Labute approximate surface area is 122 Å². The highest BCUT2D eigenvalue weighted by molar-refractivity contribution is 5.06. The highest BCUT2D eigenvalue weighted by Gasteiger charge is 2.48. The summed E-state index contributed by atoms with van der Waals surface area (Å²) in [6.07, 6.45) is 0.250. The summed E-state index contributed by atoms with van der Waals surface area (Å²) in [5.74, 6) is 3.69.